The summed E-state index contributed by atoms with van der Waals surface area (Å²) in [6.07, 6.45) is 0. The van der Waals surface area contributed by atoms with Gasteiger partial charge in [0.15, 0.2) is 17.4 Å². The molecular weight excluding hydrogens is 220 g/mol. The van der Waals surface area contributed by atoms with Gasteiger partial charge in [-0.25, -0.2) is 13.8 Å². The van der Waals surface area contributed by atoms with Crippen molar-refractivity contribution in [2.75, 3.05) is 21.3 Å². The number of benzene rings is 1. The van der Waals surface area contributed by atoms with Crippen LogP contribution in [0.5, 0.6) is 5.75 Å². The molecule has 0 saturated heterocycles. The van der Waals surface area contributed by atoms with Crippen LogP contribution >= 0.6 is 0 Å². The van der Waals surface area contributed by atoms with E-state index in [-0.39, 0.29) is 5.56 Å². The SMILES string of the molecule is COc1c(F)cc(C(=O)N(C)OC)cc1F. The Labute approximate surface area is 91.3 Å². The molecule has 0 aromatic heterocycles. The van der Waals surface area contributed by atoms with Gasteiger partial charge in [0, 0.05) is 12.6 Å². The number of halogens is 2. The van der Waals surface area contributed by atoms with Gasteiger partial charge in [-0.2, -0.15) is 0 Å². The first-order valence-corrected chi connectivity index (χ1v) is 4.36. The van der Waals surface area contributed by atoms with Crippen LogP contribution in [0.2, 0.25) is 0 Å². The van der Waals surface area contributed by atoms with Gasteiger partial charge in [0.05, 0.1) is 14.2 Å². The third kappa shape index (κ3) is 2.27. The summed E-state index contributed by atoms with van der Waals surface area (Å²) in [6.45, 7) is 0. The van der Waals surface area contributed by atoms with Gasteiger partial charge in [-0.3, -0.25) is 9.63 Å². The molecule has 0 fully saturated rings. The summed E-state index contributed by atoms with van der Waals surface area (Å²) in [5, 5.41) is 0.862. The van der Waals surface area contributed by atoms with E-state index < -0.39 is 23.3 Å². The van der Waals surface area contributed by atoms with Crippen LogP contribution in [0.25, 0.3) is 0 Å². The number of ether oxygens (including phenoxy) is 1. The number of carbonyl (C=O) groups is 1. The maximum atomic E-state index is 13.3. The van der Waals surface area contributed by atoms with Crippen LogP contribution in [-0.2, 0) is 4.84 Å². The van der Waals surface area contributed by atoms with Crippen LogP contribution in [0, 0.1) is 11.6 Å². The average Bonchev–Trinajstić information content (AvgIpc) is 2.26. The summed E-state index contributed by atoms with van der Waals surface area (Å²) in [7, 11) is 3.75. The molecule has 1 amide bonds. The number of hydrogen-bond acceptors (Lipinski definition) is 3. The van der Waals surface area contributed by atoms with E-state index in [0.29, 0.717) is 0 Å². The predicted molar refractivity (Wildman–Crippen MR) is 52.0 cm³/mol. The second-order valence-corrected chi connectivity index (χ2v) is 2.96. The highest BCUT2D eigenvalue weighted by Gasteiger charge is 2.18. The van der Waals surface area contributed by atoms with E-state index in [1.807, 2.05) is 0 Å². The summed E-state index contributed by atoms with van der Waals surface area (Å²) < 4.78 is 31.0. The van der Waals surface area contributed by atoms with Gasteiger partial charge in [-0.1, -0.05) is 0 Å². The molecule has 6 heteroatoms. The molecule has 1 rings (SSSR count). The van der Waals surface area contributed by atoms with Gasteiger partial charge in [0.2, 0.25) is 0 Å². The number of rotatable bonds is 3. The van der Waals surface area contributed by atoms with Crippen LogP contribution in [0.1, 0.15) is 10.4 Å². The van der Waals surface area contributed by atoms with E-state index in [1.165, 1.54) is 14.2 Å². The van der Waals surface area contributed by atoms with E-state index in [1.54, 1.807) is 0 Å². The maximum Gasteiger partial charge on any atom is 0.277 e. The van der Waals surface area contributed by atoms with Crippen molar-refractivity contribution in [3.63, 3.8) is 0 Å². The Kier molecular flexibility index (Phi) is 3.78. The normalized spacial score (nSPS) is 10.1. The van der Waals surface area contributed by atoms with Crippen molar-refractivity contribution in [3.8, 4) is 5.75 Å². The lowest BCUT2D eigenvalue weighted by Crippen LogP contribution is -2.25. The van der Waals surface area contributed by atoms with Gasteiger partial charge < -0.3 is 4.74 Å². The average molecular weight is 231 g/mol. The maximum absolute atomic E-state index is 13.3. The number of hydroxylamine groups is 2. The second-order valence-electron chi connectivity index (χ2n) is 2.96. The van der Waals surface area contributed by atoms with Gasteiger partial charge in [-0.05, 0) is 12.1 Å². The van der Waals surface area contributed by atoms with Crippen molar-refractivity contribution in [2.45, 2.75) is 0 Å². The first-order valence-electron chi connectivity index (χ1n) is 4.36. The third-order valence-corrected chi connectivity index (χ3v) is 2.01. The Bertz CT molecular complexity index is 386. The Morgan fingerprint density at radius 3 is 2.12 bits per heavy atom. The molecule has 0 radical (unpaired) electrons. The Balaban J connectivity index is 3.13. The minimum atomic E-state index is -0.935. The molecule has 0 atom stereocenters. The van der Waals surface area contributed by atoms with Gasteiger partial charge >= 0.3 is 0 Å². The molecule has 0 aliphatic rings. The van der Waals surface area contributed by atoms with Crippen LogP contribution in [0.3, 0.4) is 0 Å². The molecule has 16 heavy (non-hydrogen) atoms. The van der Waals surface area contributed by atoms with Crippen molar-refractivity contribution in [2.24, 2.45) is 0 Å². The molecule has 0 saturated carbocycles. The van der Waals surface area contributed by atoms with Crippen molar-refractivity contribution < 1.29 is 23.1 Å². The van der Waals surface area contributed by atoms with Crippen LogP contribution in [0.15, 0.2) is 12.1 Å². The number of amides is 1. The fourth-order valence-corrected chi connectivity index (χ4v) is 1.14. The minimum Gasteiger partial charge on any atom is -0.491 e. The molecule has 88 valence electrons. The molecule has 0 bridgehead atoms. The molecular formula is C10H11F2NO3. The van der Waals surface area contributed by atoms with Crippen LogP contribution < -0.4 is 4.74 Å². The van der Waals surface area contributed by atoms with Crippen molar-refractivity contribution in [1.29, 1.82) is 0 Å². The van der Waals surface area contributed by atoms with Crippen molar-refractivity contribution >= 4 is 5.91 Å². The highest BCUT2D eigenvalue weighted by atomic mass is 19.1. The summed E-state index contributed by atoms with van der Waals surface area (Å²) >= 11 is 0. The number of nitrogens with zero attached hydrogens (tertiary/aromatic N) is 1. The largest absolute Gasteiger partial charge is 0.491 e. The highest BCUT2D eigenvalue weighted by Crippen LogP contribution is 2.23. The van der Waals surface area contributed by atoms with Gasteiger partial charge in [-0.15, -0.1) is 0 Å². The molecule has 0 heterocycles. The smallest absolute Gasteiger partial charge is 0.277 e. The van der Waals surface area contributed by atoms with E-state index in [9.17, 15) is 13.6 Å². The van der Waals surface area contributed by atoms with E-state index in [0.717, 1.165) is 24.3 Å². The zero-order valence-electron chi connectivity index (χ0n) is 9.08. The number of carbonyl (C=O) groups excluding carboxylic acids is 1. The lowest BCUT2D eigenvalue weighted by molar-refractivity contribution is -0.0757. The Morgan fingerprint density at radius 1 is 1.25 bits per heavy atom. The Morgan fingerprint density at radius 2 is 1.75 bits per heavy atom. The van der Waals surface area contributed by atoms with Crippen molar-refractivity contribution in [1.82, 2.24) is 5.06 Å². The molecule has 0 N–H and O–H groups in total. The zero-order chi connectivity index (χ0) is 12.3. The zero-order valence-corrected chi connectivity index (χ0v) is 9.08. The quantitative estimate of drug-likeness (QED) is 0.742. The fraction of sp³-hybridized carbons (Fsp3) is 0.300. The fourth-order valence-electron chi connectivity index (χ4n) is 1.14. The Hall–Kier alpha value is -1.69. The monoisotopic (exact) mass is 231 g/mol. The van der Waals surface area contributed by atoms with Crippen LogP contribution in [-0.4, -0.2) is 32.2 Å². The van der Waals surface area contributed by atoms with Crippen molar-refractivity contribution in [3.05, 3.63) is 29.3 Å². The van der Waals surface area contributed by atoms with E-state index >= 15 is 0 Å². The first-order chi connectivity index (χ1) is 7.51. The summed E-state index contributed by atoms with van der Waals surface area (Å²) in [5.74, 6) is -3.04. The van der Waals surface area contributed by atoms with Gasteiger partial charge in [0.25, 0.3) is 5.91 Å². The molecule has 0 aliphatic heterocycles. The minimum absolute atomic E-state index is 0.153. The molecule has 0 unspecified atom stereocenters. The summed E-state index contributed by atoms with van der Waals surface area (Å²) in [6, 6.07) is 1.78. The van der Waals surface area contributed by atoms with Crippen LogP contribution in [0.4, 0.5) is 8.78 Å². The summed E-state index contributed by atoms with van der Waals surface area (Å²) in [4.78, 5) is 16.1. The lowest BCUT2D eigenvalue weighted by Gasteiger charge is -2.14. The van der Waals surface area contributed by atoms with E-state index in [4.69, 9.17) is 0 Å². The number of methoxy groups -OCH3 is 1. The topological polar surface area (TPSA) is 38.8 Å². The second kappa shape index (κ2) is 4.89. The molecule has 0 spiro atoms. The highest BCUT2D eigenvalue weighted by molar-refractivity contribution is 5.93. The molecule has 1 aromatic rings. The first kappa shape index (κ1) is 12.4. The third-order valence-electron chi connectivity index (χ3n) is 2.01. The molecule has 0 aliphatic carbocycles. The standard InChI is InChI=1S/C10H11F2NO3/c1-13(16-3)10(14)6-4-7(11)9(15-2)8(12)5-6/h4-5H,1-3H3. The summed E-state index contributed by atoms with van der Waals surface area (Å²) in [5.41, 5.74) is -0.153. The number of hydrogen-bond donors (Lipinski definition) is 0. The van der Waals surface area contributed by atoms with Gasteiger partial charge in [0.1, 0.15) is 0 Å². The molecule has 1 aromatic carbocycles. The van der Waals surface area contributed by atoms with E-state index in [2.05, 4.69) is 9.57 Å². The lowest BCUT2D eigenvalue weighted by atomic mass is 10.2. The predicted octanol–water partition coefficient (Wildman–Crippen LogP) is 1.61. The molecule has 4 nitrogen and oxygen atoms in total.